The first-order valence-electron chi connectivity index (χ1n) is 8.03. The maximum absolute atomic E-state index is 4.33. The second-order valence-corrected chi connectivity index (χ2v) is 5.82. The van der Waals surface area contributed by atoms with E-state index in [-0.39, 0.29) is 0 Å². The lowest BCUT2D eigenvalue weighted by molar-refractivity contribution is 0.578. The van der Waals surface area contributed by atoms with Crippen molar-refractivity contribution in [2.24, 2.45) is 5.10 Å². The molecule has 1 aliphatic rings. The predicted octanol–water partition coefficient (Wildman–Crippen LogP) is 4.43. The minimum atomic E-state index is 1.00. The summed E-state index contributed by atoms with van der Waals surface area (Å²) in [5.74, 6) is 0. The van der Waals surface area contributed by atoms with Crippen molar-refractivity contribution < 1.29 is 0 Å². The largest absolute Gasteiger partial charge is 0.372 e. The second kappa shape index (κ2) is 7.12. The first kappa shape index (κ1) is 14.6. The first-order valence-corrected chi connectivity index (χ1v) is 8.03. The monoisotopic (exact) mass is 293 g/mol. The van der Waals surface area contributed by atoms with E-state index in [1.165, 1.54) is 43.6 Å². The summed E-state index contributed by atoms with van der Waals surface area (Å²) in [6.45, 7) is 4.52. The summed E-state index contributed by atoms with van der Waals surface area (Å²) in [7, 11) is 0. The van der Waals surface area contributed by atoms with Gasteiger partial charge in [-0.15, -0.1) is 0 Å². The molecule has 2 aromatic carbocycles. The van der Waals surface area contributed by atoms with Crippen LogP contribution < -0.4 is 10.3 Å². The third-order valence-electron chi connectivity index (χ3n) is 4.15. The molecule has 0 atom stereocenters. The quantitative estimate of drug-likeness (QED) is 0.667. The number of hydrogen-bond donors (Lipinski definition) is 1. The number of para-hydroxylation sites is 1. The van der Waals surface area contributed by atoms with Crippen LogP contribution in [0.5, 0.6) is 0 Å². The summed E-state index contributed by atoms with van der Waals surface area (Å²) < 4.78 is 0. The van der Waals surface area contributed by atoms with Crippen molar-refractivity contribution in [3.8, 4) is 0 Å². The van der Waals surface area contributed by atoms with Gasteiger partial charge in [0.25, 0.3) is 0 Å². The molecule has 2 aromatic rings. The van der Waals surface area contributed by atoms with Crippen molar-refractivity contribution in [2.45, 2.75) is 26.2 Å². The van der Waals surface area contributed by atoms with E-state index in [0.29, 0.717) is 0 Å². The minimum absolute atomic E-state index is 1.00. The molecule has 22 heavy (non-hydrogen) atoms. The molecule has 1 heterocycles. The van der Waals surface area contributed by atoms with Gasteiger partial charge >= 0.3 is 0 Å². The van der Waals surface area contributed by atoms with E-state index in [2.05, 4.69) is 40.5 Å². The van der Waals surface area contributed by atoms with Crippen LogP contribution in [-0.4, -0.2) is 19.3 Å². The number of rotatable bonds is 4. The smallest absolute Gasteiger partial charge is 0.0561 e. The Balaban J connectivity index is 1.66. The molecule has 1 N–H and O–H groups in total. The van der Waals surface area contributed by atoms with E-state index in [4.69, 9.17) is 0 Å². The van der Waals surface area contributed by atoms with E-state index in [1.807, 2.05) is 36.5 Å². The molecule has 0 radical (unpaired) electrons. The number of hydrazone groups is 1. The van der Waals surface area contributed by atoms with Crippen LogP contribution in [0.2, 0.25) is 0 Å². The maximum atomic E-state index is 4.33. The number of nitrogens with one attached hydrogen (secondary N) is 1. The minimum Gasteiger partial charge on any atom is -0.372 e. The second-order valence-electron chi connectivity index (χ2n) is 5.82. The highest BCUT2D eigenvalue weighted by molar-refractivity contribution is 5.83. The normalized spacial score (nSPS) is 15.2. The molecule has 114 valence electrons. The molecular formula is C19H23N3. The van der Waals surface area contributed by atoms with Gasteiger partial charge in [-0.2, -0.15) is 5.10 Å². The Morgan fingerprint density at radius 1 is 1.00 bits per heavy atom. The third kappa shape index (κ3) is 3.67. The van der Waals surface area contributed by atoms with E-state index >= 15 is 0 Å². The van der Waals surface area contributed by atoms with Crippen LogP contribution in [0, 0.1) is 6.92 Å². The summed E-state index contributed by atoms with van der Waals surface area (Å²) in [5.41, 5.74) is 7.82. The van der Waals surface area contributed by atoms with Crippen LogP contribution in [0.3, 0.4) is 0 Å². The van der Waals surface area contributed by atoms with Gasteiger partial charge < -0.3 is 4.90 Å². The standard InChI is InChI=1S/C19H23N3/c1-16-14-19(22-12-6-3-7-13-22)11-10-17(16)15-20-21-18-8-4-2-5-9-18/h2,4-5,8-11,14-15,21H,3,6-7,12-13H2,1H3. The fourth-order valence-corrected chi connectivity index (χ4v) is 2.84. The lowest BCUT2D eigenvalue weighted by Gasteiger charge is -2.29. The van der Waals surface area contributed by atoms with Gasteiger partial charge in [-0.05, 0) is 61.6 Å². The molecule has 1 saturated heterocycles. The molecular weight excluding hydrogens is 270 g/mol. The van der Waals surface area contributed by atoms with Gasteiger partial charge in [0.05, 0.1) is 11.9 Å². The molecule has 0 bridgehead atoms. The van der Waals surface area contributed by atoms with Gasteiger partial charge in [-0.25, -0.2) is 0 Å². The molecule has 1 aliphatic heterocycles. The molecule has 0 aromatic heterocycles. The number of aryl methyl sites for hydroxylation is 1. The van der Waals surface area contributed by atoms with Crippen molar-refractivity contribution in [1.29, 1.82) is 0 Å². The van der Waals surface area contributed by atoms with Gasteiger partial charge in [0.15, 0.2) is 0 Å². The third-order valence-corrected chi connectivity index (χ3v) is 4.15. The zero-order valence-corrected chi connectivity index (χ0v) is 13.1. The summed E-state index contributed by atoms with van der Waals surface area (Å²) in [6, 6.07) is 16.6. The highest BCUT2D eigenvalue weighted by Crippen LogP contribution is 2.22. The van der Waals surface area contributed by atoms with Crippen molar-refractivity contribution in [3.05, 3.63) is 59.7 Å². The molecule has 3 nitrogen and oxygen atoms in total. The zero-order chi connectivity index (χ0) is 15.2. The average molecular weight is 293 g/mol. The van der Waals surface area contributed by atoms with Crippen LogP contribution in [0.1, 0.15) is 30.4 Å². The number of benzene rings is 2. The average Bonchev–Trinajstić information content (AvgIpc) is 2.58. The lowest BCUT2D eigenvalue weighted by atomic mass is 10.1. The Kier molecular flexibility index (Phi) is 4.74. The molecule has 1 fully saturated rings. The number of nitrogens with zero attached hydrogens (tertiary/aromatic N) is 2. The van der Waals surface area contributed by atoms with E-state index in [1.54, 1.807) is 0 Å². The molecule has 0 saturated carbocycles. The Morgan fingerprint density at radius 3 is 2.50 bits per heavy atom. The number of anilines is 2. The van der Waals surface area contributed by atoms with Crippen LogP contribution >= 0.6 is 0 Å². The Morgan fingerprint density at radius 2 is 1.77 bits per heavy atom. The SMILES string of the molecule is Cc1cc(N2CCCCC2)ccc1C=NNc1ccccc1. The van der Waals surface area contributed by atoms with Crippen molar-refractivity contribution >= 4 is 17.6 Å². The number of piperidine rings is 1. The molecule has 0 spiro atoms. The van der Waals surface area contributed by atoms with Crippen LogP contribution in [-0.2, 0) is 0 Å². The molecule has 0 unspecified atom stereocenters. The summed E-state index contributed by atoms with van der Waals surface area (Å²) in [4.78, 5) is 2.49. The van der Waals surface area contributed by atoms with Gasteiger partial charge in [0.2, 0.25) is 0 Å². The van der Waals surface area contributed by atoms with Crippen molar-refractivity contribution in [3.63, 3.8) is 0 Å². The van der Waals surface area contributed by atoms with Gasteiger partial charge in [0, 0.05) is 18.8 Å². The predicted molar refractivity (Wildman–Crippen MR) is 94.9 cm³/mol. The molecule has 3 heteroatoms. The first-order chi connectivity index (χ1) is 10.8. The highest BCUT2D eigenvalue weighted by Gasteiger charge is 2.11. The Labute approximate surface area is 132 Å². The van der Waals surface area contributed by atoms with Crippen LogP contribution in [0.15, 0.2) is 53.6 Å². The van der Waals surface area contributed by atoms with Crippen LogP contribution in [0.25, 0.3) is 0 Å². The van der Waals surface area contributed by atoms with Crippen LogP contribution in [0.4, 0.5) is 11.4 Å². The van der Waals surface area contributed by atoms with Gasteiger partial charge in [-0.1, -0.05) is 24.3 Å². The summed E-state index contributed by atoms with van der Waals surface area (Å²) in [5, 5.41) is 4.33. The van der Waals surface area contributed by atoms with Gasteiger partial charge in [0.1, 0.15) is 0 Å². The molecule has 3 rings (SSSR count). The fraction of sp³-hybridized carbons (Fsp3) is 0.316. The van der Waals surface area contributed by atoms with Crippen molar-refractivity contribution in [1.82, 2.24) is 0 Å². The topological polar surface area (TPSA) is 27.6 Å². The zero-order valence-electron chi connectivity index (χ0n) is 13.1. The summed E-state index contributed by atoms with van der Waals surface area (Å²) in [6.07, 6.45) is 5.88. The molecule has 0 aliphatic carbocycles. The van der Waals surface area contributed by atoms with Crippen molar-refractivity contribution in [2.75, 3.05) is 23.4 Å². The van der Waals surface area contributed by atoms with E-state index in [0.717, 1.165) is 11.3 Å². The Bertz CT molecular complexity index is 628. The maximum Gasteiger partial charge on any atom is 0.0561 e. The number of hydrogen-bond acceptors (Lipinski definition) is 3. The molecule has 0 amide bonds. The fourth-order valence-electron chi connectivity index (χ4n) is 2.84. The summed E-state index contributed by atoms with van der Waals surface area (Å²) >= 11 is 0. The van der Waals surface area contributed by atoms with Gasteiger partial charge in [-0.3, -0.25) is 5.43 Å². The highest BCUT2D eigenvalue weighted by atomic mass is 15.3. The van der Waals surface area contributed by atoms with E-state index in [9.17, 15) is 0 Å². The lowest BCUT2D eigenvalue weighted by Crippen LogP contribution is -2.29. The van der Waals surface area contributed by atoms with E-state index < -0.39 is 0 Å². The Hall–Kier alpha value is -2.29.